The van der Waals surface area contributed by atoms with Gasteiger partial charge in [-0.05, 0) is 83.9 Å². The molecule has 0 aliphatic rings. The van der Waals surface area contributed by atoms with Gasteiger partial charge in [-0.2, -0.15) is 11.3 Å². The summed E-state index contributed by atoms with van der Waals surface area (Å²) in [5, 5.41) is 6.62. The van der Waals surface area contributed by atoms with Crippen molar-refractivity contribution < 1.29 is 0 Å². The molecule has 1 aromatic carbocycles. The van der Waals surface area contributed by atoms with E-state index in [1.807, 2.05) is 29.2 Å². The molecule has 31 heavy (non-hydrogen) atoms. The van der Waals surface area contributed by atoms with Crippen LogP contribution in [0.4, 0.5) is 0 Å². The molecule has 0 aliphatic heterocycles. The van der Waals surface area contributed by atoms with Crippen molar-refractivity contribution in [3.8, 4) is 23.0 Å². The summed E-state index contributed by atoms with van der Waals surface area (Å²) < 4.78 is 1.38. The van der Waals surface area contributed by atoms with Crippen LogP contribution in [0.25, 0.3) is 11.1 Å². The van der Waals surface area contributed by atoms with Crippen LogP contribution in [0.3, 0.4) is 0 Å². The zero-order valence-corrected chi connectivity index (χ0v) is 21.3. The predicted molar refractivity (Wildman–Crippen MR) is 141 cm³/mol. The second kappa shape index (κ2) is 11.7. The molecule has 0 radical (unpaired) electrons. The number of thioether (sulfide) groups is 1. The highest BCUT2D eigenvalue weighted by Gasteiger charge is 2.06. The van der Waals surface area contributed by atoms with Crippen LogP contribution in [0, 0.1) is 17.3 Å². The molecule has 0 atom stereocenters. The Balaban J connectivity index is 1.53. The number of benzene rings is 1. The van der Waals surface area contributed by atoms with Gasteiger partial charge in [-0.15, -0.1) is 23.1 Å². The molecular weight excluding hydrogens is 435 g/mol. The fourth-order valence-electron chi connectivity index (χ4n) is 3.03. The lowest BCUT2D eigenvalue weighted by Crippen LogP contribution is -2.22. The van der Waals surface area contributed by atoms with Crippen LogP contribution in [0.15, 0.2) is 68.9 Å². The van der Waals surface area contributed by atoms with Crippen molar-refractivity contribution in [1.29, 1.82) is 0 Å². The fourth-order valence-corrected chi connectivity index (χ4v) is 5.63. The van der Waals surface area contributed by atoms with E-state index in [-0.39, 0.29) is 5.41 Å². The van der Waals surface area contributed by atoms with Gasteiger partial charge in [-0.25, -0.2) is 0 Å². The van der Waals surface area contributed by atoms with E-state index in [1.165, 1.54) is 26.5 Å². The zero-order chi connectivity index (χ0) is 22.1. The molecule has 0 fully saturated rings. The molecule has 3 rings (SSSR count). The van der Waals surface area contributed by atoms with Crippen molar-refractivity contribution in [2.24, 2.45) is 5.41 Å². The minimum absolute atomic E-state index is 0.0574. The summed E-state index contributed by atoms with van der Waals surface area (Å²) in [5.74, 6) is 7.42. The molecule has 4 heteroatoms. The Morgan fingerprint density at radius 2 is 1.90 bits per heavy atom. The predicted octanol–water partition coefficient (Wildman–Crippen LogP) is 8.20. The summed E-state index contributed by atoms with van der Waals surface area (Å²) in [6.45, 7) is 11.5. The molecule has 0 bridgehead atoms. The topological polar surface area (TPSA) is 3.24 Å². The number of allylic oxidation sites excluding steroid dienone is 1. The van der Waals surface area contributed by atoms with E-state index in [4.69, 9.17) is 0 Å². The molecule has 2 heterocycles. The van der Waals surface area contributed by atoms with Gasteiger partial charge in [0.15, 0.2) is 0 Å². The van der Waals surface area contributed by atoms with Gasteiger partial charge in [0.1, 0.15) is 0 Å². The number of hydrogen-bond acceptors (Lipinski definition) is 4. The lowest BCUT2D eigenvalue weighted by atomic mass is 9.98. The lowest BCUT2D eigenvalue weighted by molar-refractivity contribution is 0.311. The van der Waals surface area contributed by atoms with Crippen LogP contribution < -0.4 is 0 Å². The standard InChI is InChI=1S/C27H31NS3/c1-5-28(14-8-6-7-13-27(2,3)4)18-22-10-9-11-23(16-22)19-30-26-17-25(21-31-26)24-12-15-29-20-24/h6,8-12,15-17,20-21H,5,14,18-19H2,1-4H3/b8-6+. The lowest BCUT2D eigenvalue weighted by Gasteiger charge is -2.18. The monoisotopic (exact) mass is 465 g/mol. The fraction of sp³-hybridized carbons (Fsp3) is 0.333. The van der Waals surface area contributed by atoms with Crippen LogP contribution in [0.2, 0.25) is 0 Å². The summed E-state index contributed by atoms with van der Waals surface area (Å²) in [6.07, 6.45) is 4.16. The van der Waals surface area contributed by atoms with Crippen molar-refractivity contribution >= 4 is 34.4 Å². The van der Waals surface area contributed by atoms with Gasteiger partial charge in [0.05, 0.1) is 4.21 Å². The summed E-state index contributed by atoms with van der Waals surface area (Å²) in [4.78, 5) is 2.44. The number of nitrogens with zero attached hydrogens (tertiary/aromatic N) is 1. The van der Waals surface area contributed by atoms with Crippen molar-refractivity contribution in [3.63, 3.8) is 0 Å². The first-order chi connectivity index (χ1) is 14.9. The Hall–Kier alpha value is -1.77. The minimum atomic E-state index is 0.0574. The number of rotatable bonds is 9. The van der Waals surface area contributed by atoms with Crippen LogP contribution >= 0.6 is 34.4 Å². The van der Waals surface area contributed by atoms with Crippen LogP contribution in [-0.4, -0.2) is 18.0 Å². The van der Waals surface area contributed by atoms with E-state index in [9.17, 15) is 0 Å². The van der Waals surface area contributed by atoms with E-state index in [0.717, 1.165) is 25.4 Å². The molecule has 0 saturated heterocycles. The van der Waals surface area contributed by atoms with Gasteiger partial charge < -0.3 is 0 Å². The molecule has 1 nitrogen and oxygen atoms in total. The van der Waals surface area contributed by atoms with Gasteiger partial charge in [-0.1, -0.05) is 49.1 Å². The quantitative estimate of drug-likeness (QED) is 0.231. The van der Waals surface area contributed by atoms with E-state index in [2.05, 4.69) is 103 Å². The molecule has 0 aliphatic carbocycles. The Labute approximate surface area is 200 Å². The third-order valence-corrected chi connectivity index (χ3v) is 7.60. The molecule has 0 N–H and O–H groups in total. The third-order valence-electron chi connectivity index (χ3n) is 4.67. The normalized spacial score (nSPS) is 11.8. The summed E-state index contributed by atoms with van der Waals surface area (Å²) >= 11 is 5.52. The SMILES string of the molecule is CCN(C/C=C/C#CC(C)(C)C)Cc1cccc(CSc2cc(-c3ccsc3)cs2)c1. The van der Waals surface area contributed by atoms with Crippen LogP contribution in [0.5, 0.6) is 0 Å². The molecule has 0 amide bonds. The van der Waals surface area contributed by atoms with Gasteiger partial charge in [-0.3, -0.25) is 4.90 Å². The first kappa shape index (κ1) is 23.9. The van der Waals surface area contributed by atoms with Crippen LogP contribution in [-0.2, 0) is 12.3 Å². The second-order valence-corrected chi connectivity index (χ2v) is 11.5. The molecule has 162 valence electrons. The first-order valence-corrected chi connectivity index (χ1v) is 13.5. The highest BCUT2D eigenvalue weighted by molar-refractivity contribution is 8.00. The molecule has 2 aromatic heterocycles. The third kappa shape index (κ3) is 8.35. The molecule has 0 saturated carbocycles. The molecule has 0 unspecified atom stereocenters. The first-order valence-electron chi connectivity index (χ1n) is 10.6. The Morgan fingerprint density at radius 1 is 1.06 bits per heavy atom. The Morgan fingerprint density at radius 3 is 2.65 bits per heavy atom. The van der Waals surface area contributed by atoms with E-state index in [1.54, 1.807) is 11.3 Å². The smallest absolute Gasteiger partial charge is 0.0608 e. The highest BCUT2D eigenvalue weighted by atomic mass is 32.2. The van der Waals surface area contributed by atoms with Crippen molar-refractivity contribution in [2.45, 2.75) is 44.2 Å². The van der Waals surface area contributed by atoms with E-state index < -0.39 is 0 Å². The number of hydrogen-bond donors (Lipinski definition) is 0. The molecule has 0 spiro atoms. The van der Waals surface area contributed by atoms with Gasteiger partial charge in [0.2, 0.25) is 0 Å². The van der Waals surface area contributed by atoms with Crippen LogP contribution in [0.1, 0.15) is 38.8 Å². The van der Waals surface area contributed by atoms with E-state index in [0.29, 0.717) is 0 Å². The van der Waals surface area contributed by atoms with Gasteiger partial charge in [0, 0.05) is 24.3 Å². The molecular formula is C27H31NS3. The Bertz CT molecular complexity index is 1030. The largest absolute Gasteiger partial charge is 0.296 e. The average molecular weight is 466 g/mol. The summed E-state index contributed by atoms with van der Waals surface area (Å²) in [7, 11) is 0. The average Bonchev–Trinajstić information content (AvgIpc) is 3.42. The van der Waals surface area contributed by atoms with Crippen molar-refractivity contribution in [2.75, 3.05) is 13.1 Å². The van der Waals surface area contributed by atoms with Crippen molar-refractivity contribution in [3.05, 3.63) is 75.8 Å². The number of likely N-dealkylation sites (N-methyl/N-ethyl adjacent to an activating group) is 1. The molecule has 3 aromatic rings. The van der Waals surface area contributed by atoms with Gasteiger partial charge in [0.25, 0.3) is 0 Å². The highest BCUT2D eigenvalue weighted by Crippen LogP contribution is 2.34. The minimum Gasteiger partial charge on any atom is -0.296 e. The summed E-state index contributed by atoms with van der Waals surface area (Å²) in [6, 6.07) is 13.5. The Kier molecular flexibility index (Phi) is 9.04. The zero-order valence-electron chi connectivity index (χ0n) is 18.9. The number of thiophene rings is 2. The van der Waals surface area contributed by atoms with E-state index >= 15 is 0 Å². The second-order valence-electron chi connectivity index (χ2n) is 8.52. The maximum absolute atomic E-state index is 3.25. The van der Waals surface area contributed by atoms with Crippen molar-refractivity contribution in [1.82, 2.24) is 4.90 Å². The maximum atomic E-state index is 3.25. The maximum Gasteiger partial charge on any atom is 0.0608 e. The van der Waals surface area contributed by atoms with Gasteiger partial charge >= 0.3 is 0 Å². The summed E-state index contributed by atoms with van der Waals surface area (Å²) in [5.41, 5.74) is 5.48.